The van der Waals surface area contributed by atoms with E-state index in [1.54, 1.807) is 12.1 Å². The molecule has 0 spiro atoms. The smallest absolute Gasteiger partial charge is 0.255 e. The van der Waals surface area contributed by atoms with Crippen LogP contribution in [0.15, 0.2) is 72.8 Å². The number of benzene rings is 3. The van der Waals surface area contributed by atoms with Crippen LogP contribution in [0.1, 0.15) is 10.4 Å². The van der Waals surface area contributed by atoms with Crippen LogP contribution in [0, 0.1) is 0 Å². The van der Waals surface area contributed by atoms with Crippen LogP contribution < -0.4 is 20.1 Å². The lowest BCUT2D eigenvalue weighted by atomic mass is 10.2. The summed E-state index contributed by atoms with van der Waals surface area (Å²) in [5.74, 6) is 1.38. The van der Waals surface area contributed by atoms with E-state index in [0.717, 1.165) is 28.6 Å². The predicted octanol–water partition coefficient (Wildman–Crippen LogP) is 4.45. The van der Waals surface area contributed by atoms with Crippen molar-refractivity contribution in [2.45, 2.75) is 0 Å². The normalized spacial score (nSPS) is 12.3. The number of hydrogen-bond acceptors (Lipinski definition) is 4. The van der Waals surface area contributed by atoms with Gasteiger partial charge in [0.1, 0.15) is 13.2 Å². The van der Waals surface area contributed by atoms with E-state index in [2.05, 4.69) is 10.6 Å². The van der Waals surface area contributed by atoms with Crippen molar-refractivity contribution in [3.8, 4) is 11.5 Å². The number of carbonyl (C=O) groups is 1. The van der Waals surface area contributed by atoms with Crippen molar-refractivity contribution in [3.05, 3.63) is 78.4 Å². The minimum absolute atomic E-state index is 0.127. The molecule has 3 aromatic carbocycles. The van der Waals surface area contributed by atoms with Gasteiger partial charge in [0.2, 0.25) is 0 Å². The minimum Gasteiger partial charge on any atom is -0.486 e. The second-order valence-corrected chi connectivity index (χ2v) is 5.88. The second-order valence-electron chi connectivity index (χ2n) is 5.88. The lowest BCUT2D eigenvalue weighted by Gasteiger charge is -2.19. The SMILES string of the molecule is O=C(Nc1ccc(Nc2ccc3c(c2)OCCO3)cc1)c1ccccc1. The molecular weight excluding hydrogens is 328 g/mol. The molecule has 0 saturated carbocycles. The molecule has 3 aromatic rings. The van der Waals surface area contributed by atoms with E-state index in [1.807, 2.05) is 60.7 Å². The monoisotopic (exact) mass is 346 g/mol. The Kier molecular flexibility index (Phi) is 4.43. The molecule has 1 aliphatic rings. The van der Waals surface area contributed by atoms with Gasteiger partial charge in [0.15, 0.2) is 11.5 Å². The molecular formula is C21H18N2O3. The predicted molar refractivity (Wildman–Crippen MR) is 102 cm³/mol. The Bertz CT molecular complexity index is 908. The van der Waals surface area contributed by atoms with Gasteiger partial charge in [-0.1, -0.05) is 18.2 Å². The molecule has 0 saturated heterocycles. The van der Waals surface area contributed by atoms with E-state index in [0.29, 0.717) is 18.8 Å². The third-order valence-corrected chi connectivity index (χ3v) is 4.01. The topological polar surface area (TPSA) is 59.6 Å². The van der Waals surface area contributed by atoms with Crippen molar-refractivity contribution in [3.63, 3.8) is 0 Å². The van der Waals surface area contributed by atoms with Crippen LogP contribution in [-0.4, -0.2) is 19.1 Å². The number of anilines is 3. The molecule has 130 valence electrons. The molecule has 5 nitrogen and oxygen atoms in total. The first-order valence-corrected chi connectivity index (χ1v) is 8.41. The molecule has 2 N–H and O–H groups in total. The van der Waals surface area contributed by atoms with E-state index < -0.39 is 0 Å². The van der Waals surface area contributed by atoms with Crippen molar-refractivity contribution in [1.82, 2.24) is 0 Å². The van der Waals surface area contributed by atoms with Crippen LogP contribution in [0.4, 0.5) is 17.1 Å². The molecule has 1 amide bonds. The summed E-state index contributed by atoms with van der Waals surface area (Å²) in [4.78, 5) is 12.2. The Hall–Kier alpha value is -3.47. The quantitative estimate of drug-likeness (QED) is 0.732. The van der Waals surface area contributed by atoms with Gasteiger partial charge in [0.25, 0.3) is 5.91 Å². The van der Waals surface area contributed by atoms with Crippen LogP contribution in [0.25, 0.3) is 0 Å². The summed E-state index contributed by atoms with van der Waals surface area (Å²) in [6.07, 6.45) is 0. The van der Waals surface area contributed by atoms with Gasteiger partial charge in [-0.2, -0.15) is 0 Å². The Morgan fingerprint density at radius 1 is 0.731 bits per heavy atom. The zero-order chi connectivity index (χ0) is 17.8. The number of carbonyl (C=O) groups excluding carboxylic acids is 1. The molecule has 1 heterocycles. The number of amides is 1. The Labute approximate surface area is 151 Å². The fraction of sp³-hybridized carbons (Fsp3) is 0.0952. The molecule has 0 radical (unpaired) electrons. The van der Waals surface area contributed by atoms with E-state index in [9.17, 15) is 4.79 Å². The summed E-state index contributed by atoms with van der Waals surface area (Å²) in [5, 5.41) is 6.20. The average molecular weight is 346 g/mol. The highest BCUT2D eigenvalue weighted by molar-refractivity contribution is 6.04. The van der Waals surface area contributed by atoms with E-state index >= 15 is 0 Å². The first-order chi connectivity index (χ1) is 12.8. The maximum atomic E-state index is 12.2. The summed E-state index contributed by atoms with van der Waals surface area (Å²) in [7, 11) is 0. The maximum Gasteiger partial charge on any atom is 0.255 e. The van der Waals surface area contributed by atoms with Gasteiger partial charge in [-0.25, -0.2) is 0 Å². The third kappa shape index (κ3) is 3.62. The number of ether oxygens (including phenoxy) is 2. The van der Waals surface area contributed by atoms with Crippen molar-refractivity contribution in [2.24, 2.45) is 0 Å². The Morgan fingerprint density at radius 3 is 2.15 bits per heavy atom. The van der Waals surface area contributed by atoms with Crippen molar-refractivity contribution >= 4 is 23.0 Å². The fourth-order valence-corrected chi connectivity index (χ4v) is 2.72. The third-order valence-electron chi connectivity index (χ3n) is 4.01. The lowest BCUT2D eigenvalue weighted by Crippen LogP contribution is -2.15. The highest BCUT2D eigenvalue weighted by Crippen LogP contribution is 2.33. The van der Waals surface area contributed by atoms with Crippen LogP contribution >= 0.6 is 0 Å². The molecule has 0 bridgehead atoms. The molecule has 5 heteroatoms. The first-order valence-electron chi connectivity index (χ1n) is 8.41. The van der Waals surface area contributed by atoms with Crippen LogP contribution in [-0.2, 0) is 0 Å². The van der Waals surface area contributed by atoms with Crippen LogP contribution in [0.2, 0.25) is 0 Å². The minimum atomic E-state index is -0.127. The molecule has 1 aliphatic heterocycles. The maximum absolute atomic E-state index is 12.2. The number of rotatable bonds is 4. The highest BCUT2D eigenvalue weighted by atomic mass is 16.6. The molecule has 4 rings (SSSR count). The van der Waals surface area contributed by atoms with E-state index in [1.165, 1.54) is 0 Å². The summed E-state index contributed by atoms with van der Waals surface area (Å²) in [5.41, 5.74) is 3.20. The summed E-state index contributed by atoms with van der Waals surface area (Å²) >= 11 is 0. The lowest BCUT2D eigenvalue weighted by molar-refractivity contribution is 0.102. The number of hydrogen-bond donors (Lipinski definition) is 2. The first kappa shape index (κ1) is 16.0. The zero-order valence-electron chi connectivity index (χ0n) is 14.1. The van der Waals surface area contributed by atoms with Gasteiger partial charge in [-0.15, -0.1) is 0 Å². The van der Waals surface area contributed by atoms with Gasteiger partial charge in [-0.05, 0) is 48.5 Å². The standard InChI is InChI=1S/C21H18N2O3/c24-21(15-4-2-1-3-5-15)23-17-8-6-16(7-9-17)22-18-10-11-19-20(14-18)26-13-12-25-19/h1-11,14,22H,12-13H2,(H,23,24). The summed E-state index contributed by atoms with van der Waals surface area (Å²) < 4.78 is 11.1. The highest BCUT2D eigenvalue weighted by Gasteiger charge is 2.11. The Morgan fingerprint density at radius 2 is 1.38 bits per heavy atom. The van der Waals surface area contributed by atoms with Gasteiger partial charge in [0, 0.05) is 28.7 Å². The van der Waals surface area contributed by atoms with Gasteiger partial charge in [-0.3, -0.25) is 4.79 Å². The molecule has 0 fully saturated rings. The van der Waals surface area contributed by atoms with Crippen LogP contribution in [0.3, 0.4) is 0 Å². The van der Waals surface area contributed by atoms with Gasteiger partial charge in [0.05, 0.1) is 0 Å². The van der Waals surface area contributed by atoms with E-state index in [4.69, 9.17) is 9.47 Å². The van der Waals surface area contributed by atoms with E-state index in [-0.39, 0.29) is 5.91 Å². The largest absolute Gasteiger partial charge is 0.486 e. The van der Waals surface area contributed by atoms with Crippen molar-refractivity contribution < 1.29 is 14.3 Å². The Balaban J connectivity index is 1.42. The number of fused-ring (bicyclic) bond motifs is 1. The average Bonchev–Trinajstić information content (AvgIpc) is 2.70. The molecule has 0 atom stereocenters. The number of nitrogens with one attached hydrogen (secondary N) is 2. The van der Waals surface area contributed by atoms with Gasteiger partial charge >= 0.3 is 0 Å². The fourth-order valence-electron chi connectivity index (χ4n) is 2.72. The molecule has 0 aromatic heterocycles. The summed E-state index contributed by atoms with van der Waals surface area (Å²) in [6, 6.07) is 22.4. The molecule has 0 aliphatic carbocycles. The van der Waals surface area contributed by atoms with Gasteiger partial charge < -0.3 is 20.1 Å². The van der Waals surface area contributed by atoms with Crippen LogP contribution in [0.5, 0.6) is 11.5 Å². The van der Waals surface area contributed by atoms with Crippen molar-refractivity contribution in [2.75, 3.05) is 23.8 Å². The summed E-state index contributed by atoms with van der Waals surface area (Å²) in [6.45, 7) is 1.14. The molecule has 26 heavy (non-hydrogen) atoms. The van der Waals surface area contributed by atoms with Crippen molar-refractivity contribution in [1.29, 1.82) is 0 Å². The molecule has 0 unspecified atom stereocenters. The zero-order valence-corrected chi connectivity index (χ0v) is 14.1. The second kappa shape index (κ2) is 7.19.